The lowest BCUT2D eigenvalue weighted by Crippen LogP contribution is -2.13. The van der Waals surface area contributed by atoms with Gasteiger partial charge in [0.25, 0.3) is 5.43 Å². The van der Waals surface area contributed by atoms with Crippen molar-refractivity contribution in [1.29, 1.82) is 0 Å². The summed E-state index contributed by atoms with van der Waals surface area (Å²) in [6.07, 6.45) is 1.06. The first-order chi connectivity index (χ1) is 5.54. The van der Waals surface area contributed by atoms with E-state index >= 15 is 0 Å². The van der Waals surface area contributed by atoms with Crippen molar-refractivity contribution in [3.63, 3.8) is 0 Å². The molecule has 0 radical (unpaired) electrons. The Balaban J connectivity index is 3.54. The third-order valence-electron chi connectivity index (χ3n) is 1.47. The fraction of sp³-hybridized carbons (Fsp3) is 0.167. The van der Waals surface area contributed by atoms with Crippen LogP contribution in [0.25, 0.3) is 0 Å². The van der Waals surface area contributed by atoms with Gasteiger partial charge in [0.1, 0.15) is 5.69 Å². The highest BCUT2D eigenvalue weighted by molar-refractivity contribution is 5.33. The van der Waals surface area contributed by atoms with Gasteiger partial charge in [-0.1, -0.05) is 0 Å². The number of aromatic nitrogens is 1. The molecule has 0 amide bonds. The molecule has 0 aliphatic carbocycles. The van der Waals surface area contributed by atoms with E-state index in [0.29, 0.717) is 4.73 Å². The summed E-state index contributed by atoms with van der Waals surface area (Å²) in [5.74, 6) is 0. The monoisotopic (exact) mass is 170 g/mol. The van der Waals surface area contributed by atoms with E-state index in [1.165, 1.54) is 6.92 Å². The van der Waals surface area contributed by atoms with Gasteiger partial charge in [-0.15, -0.1) is 0 Å². The van der Waals surface area contributed by atoms with E-state index < -0.39 is 16.0 Å². The second kappa shape index (κ2) is 2.65. The molecule has 0 fully saturated rings. The number of hydrogen-bond acceptors (Lipinski definition) is 4. The predicted octanol–water partition coefficient (Wildman–Crippen LogP) is 0.302. The van der Waals surface area contributed by atoms with Crippen LogP contribution in [0.15, 0.2) is 17.1 Å². The fourth-order valence-electron chi connectivity index (χ4n) is 0.838. The van der Waals surface area contributed by atoms with Crippen molar-refractivity contribution in [2.75, 3.05) is 0 Å². The molecular formula is C6H6N2O4. The Morgan fingerprint density at radius 3 is 2.67 bits per heavy atom. The maximum absolute atomic E-state index is 10.9. The van der Waals surface area contributed by atoms with Crippen LogP contribution in [-0.2, 0) is 0 Å². The van der Waals surface area contributed by atoms with Crippen molar-refractivity contribution in [2.45, 2.75) is 6.92 Å². The highest BCUT2D eigenvalue weighted by Gasteiger charge is 2.17. The average molecular weight is 170 g/mol. The molecule has 12 heavy (non-hydrogen) atoms. The SMILES string of the molecule is Cc1c([N+](=O)[O-])c(=O)ccn1O. The summed E-state index contributed by atoms with van der Waals surface area (Å²) in [6, 6.07) is 0.936. The number of pyridine rings is 1. The minimum atomic E-state index is -0.815. The molecule has 0 unspecified atom stereocenters. The van der Waals surface area contributed by atoms with Crippen molar-refractivity contribution in [3.05, 3.63) is 38.3 Å². The molecule has 1 aromatic heterocycles. The molecule has 1 aromatic rings. The molecule has 0 saturated heterocycles. The highest BCUT2D eigenvalue weighted by atomic mass is 16.6. The smallest absolute Gasteiger partial charge is 0.338 e. The molecular weight excluding hydrogens is 164 g/mol. The molecule has 0 aliphatic heterocycles. The first kappa shape index (κ1) is 8.25. The molecule has 1 rings (SSSR count). The largest absolute Gasteiger partial charge is 0.429 e. The van der Waals surface area contributed by atoms with E-state index in [0.717, 1.165) is 12.3 Å². The summed E-state index contributed by atoms with van der Waals surface area (Å²) in [6.45, 7) is 1.29. The maximum Gasteiger partial charge on any atom is 0.338 e. The Morgan fingerprint density at radius 1 is 1.67 bits per heavy atom. The summed E-state index contributed by atoms with van der Waals surface area (Å²) in [5.41, 5.74) is -1.38. The molecule has 0 aromatic carbocycles. The standard InChI is InChI=1S/C6H6N2O4/c1-4-6(8(11)12)5(9)2-3-7(4)10/h2-3,10H,1H3. The quantitative estimate of drug-likeness (QED) is 0.373. The van der Waals surface area contributed by atoms with Gasteiger partial charge in [-0.25, -0.2) is 0 Å². The van der Waals surface area contributed by atoms with E-state index in [4.69, 9.17) is 5.21 Å². The molecule has 6 nitrogen and oxygen atoms in total. The highest BCUT2D eigenvalue weighted by Crippen LogP contribution is 2.08. The van der Waals surface area contributed by atoms with Gasteiger partial charge < -0.3 is 5.21 Å². The van der Waals surface area contributed by atoms with Gasteiger partial charge in [0.15, 0.2) is 0 Å². The third-order valence-corrected chi connectivity index (χ3v) is 1.47. The van der Waals surface area contributed by atoms with Gasteiger partial charge in [0.2, 0.25) is 0 Å². The van der Waals surface area contributed by atoms with Crippen molar-refractivity contribution in [1.82, 2.24) is 4.73 Å². The first-order valence-electron chi connectivity index (χ1n) is 3.10. The van der Waals surface area contributed by atoms with Gasteiger partial charge in [-0.2, -0.15) is 4.73 Å². The van der Waals surface area contributed by atoms with Crippen molar-refractivity contribution in [3.8, 4) is 0 Å². The van der Waals surface area contributed by atoms with Gasteiger partial charge in [0.05, 0.1) is 4.92 Å². The summed E-state index contributed by atoms with van der Waals surface area (Å²) in [7, 11) is 0. The molecule has 0 spiro atoms. The Morgan fingerprint density at radius 2 is 2.25 bits per heavy atom. The molecule has 0 bridgehead atoms. The minimum absolute atomic E-state index is 0.0764. The fourth-order valence-corrected chi connectivity index (χ4v) is 0.838. The topological polar surface area (TPSA) is 85.4 Å². The molecule has 64 valence electrons. The van der Waals surface area contributed by atoms with Crippen LogP contribution in [0.2, 0.25) is 0 Å². The Kier molecular flexibility index (Phi) is 1.82. The van der Waals surface area contributed by atoms with E-state index in [1.54, 1.807) is 0 Å². The van der Waals surface area contributed by atoms with Crippen molar-refractivity contribution >= 4 is 5.69 Å². The van der Waals surface area contributed by atoms with E-state index in [1.807, 2.05) is 0 Å². The van der Waals surface area contributed by atoms with Crippen molar-refractivity contribution < 1.29 is 10.1 Å². The van der Waals surface area contributed by atoms with E-state index in [9.17, 15) is 14.9 Å². The zero-order valence-corrected chi connectivity index (χ0v) is 6.22. The lowest BCUT2D eigenvalue weighted by molar-refractivity contribution is -0.387. The van der Waals surface area contributed by atoms with Gasteiger partial charge in [0, 0.05) is 12.3 Å². The number of nitro groups is 1. The molecule has 6 heteroatoms. The lowest BCUT2D eigenvalue weighted by Gasteiger charge is -2.00. The van der Waals surface area contributed by atoms with Crippen molar-refractivity contribution in [2.24, 2.45) is 0 Å². The Hall–Kier alpha value is -1.85. The molecule has 1 N–H and O–H groups in total. The second-order valence-electron chi connectivity index (χ2n) is 2.22. The van der Waals surface area contributed by atoms with Crippen LogP contribution in [0.4, 0.5) is 5.69 Å². The van der Waals surface area contributed by atoms with E-state index in [2.05, 4.69) is 0 Å². The van der Waals surface area contributed by atoms with Crippen LogP contribution >= 0.6 is 0 Å². The summed E-state index contributed by atoms with van der Waals surface area (Å²) < 4.78 is 0.541. The van der Waals surface area contributed by atoms with Gasteiger partial charge >= 0.3 is 5.69 Å². The van der Waals surface area contributed by atoms with Gasteiger partial charge in [-0.3, -0.25) is 14.9 Å². The predicted molar refractivity (Wildman–Crippen MR) is 39.3 cm³/mol. The summed E-state index contributed by atoms with van der Waals surface area (Å²) >= 11 is 0. The average Bonchev–Trinajstić information content (AvgIpc) is 1.97. The summed E-state index contributed by atoms with van der Waals surface area (Å²) in [5, 5.41) is 19.2. The Bertz CT molecular complexity index is 382. The van der Waals surface area contributed by atoms with E-state index in [-0.39, 0.29) is 5.69 Å². The van der Waals surface area contributed by atoms with Crippen LogP contribution in [-0.4, -0.2) is 14.9 Å². The zero-order valence-electron chi connectivity index (χ0n) is 6.22. The molecule has 1 heterocycles. The first-order valence-corrected chi connectivity index (χ1v) is 3.10. The maximum atomic E-state index is 10.9. The molecule has 0 saturated carbocycles. The minimum Gasteiger partial charge on any atom is -0.429 e. The second-order valence-corrected chi connectivity index (χ2v) is 2.22. The van der Waals surface area contributed by atoms with Crippen LogP contribution in [0, 0.1) is 17.0 Å². The van der Waals surface area contributed by atoms with Crippen LogP contribution < -0.4 is 5.43 Å². The third kappa shape index (κ3) is 1.14. The summed E-state index contributed by atoms with van der Waals surface area (Å²) in [4.78, 5) is 20.3. The normalized spacial score (nSPS) is 9.75. The zero-order chi connectivity index (χ0) is 9.30. The lowest BCUT2D eigenvalue weighted by atomic mass is 10.3. The number of nitrogens with zero attached hydrogens (tertiary/aromatic N) is 2. The molecule has 0 aliphatic rings. The number of rotatable bonds is 1. The van der Waals surface area contributed by atoms with Crippen LogP contribution in [0.1, 0.15) is 5.69 Å². The number of hydrogen-bond donors (Lipinski definition) is 1. The van der Waals surface area contributed by atoms with Crippen LogP contribution in [0.5, 0.6) is 0 Å². The molecule has 0 atom stereocenters. The Labute approximate surface area is 66.8 Å². The van der Waals surface area contributed by atoms with Gasteiger partial charge in [-0.05, 0) is 6.92 Å². The van der Waals surface area contributed by atoms with Crippen LogP contribution in [0.3, 0.4) is 0 Å².